The molecular formula is C12H16N4O2. The predicted molar refractivity (Wildman–Crippen MR) is 64.6 cm³/mol. The molecule has 18 heavy (non-hydrogen) atoms. The first-order chi connectivity index (χ1) is 8.79. The second-order valence-corrected chi connectivity index (χ2v) is 3.98. The quantitative estimate of drug-likeness (QED) is 0.729. The first kappa shape index (κ1) is 12.6. The summed E-state index contributed by atoms with van der Waals surface area (Å²) < 4.78 is 10.5. The van der Waals surface area contributed by atoms with Gasteiger partial charge in [0.15, 0.2) is 0 Å². The Kier molecular flexibility index (Phi) is 4.35. The summed E-state index contributed by atoms with van der Waals surface area (Å²) in [5.41, 5.74) is 1.45. The normalized spacial score (nSPS) is 10.8. The van der Waals surface area contributed by atoms with Crippen LogP contribution in [0.2, 0.25) is 0 Å². The molecule has 0 aliphatic rings. The fraction of sp³-hybridized carbons (Fsp3) is 0.500. The first-order valence-corrected chi connectivity index (χ1v) is 6.00. The van der Waals surface area contributed by atoms with Gasteiger partial charge in [-0.25, -0.2) is 0 Å². The van der Waals surface area contributed by atoms with Gasteiger partial charge in [0.2, 0.25) is 5.82 Å². The average Bonchev–Trinajstić information content (AvgIpc) is 2.84. The Balaban J connectivity index is 1.95. The van der Waals surface area contributed by atoms with Crippen molar-refractivity contribution in [1.29, 1.82) is 0 Å². The molecule has 96 valence electrons. The largest absolute Gasteiger partial charge is 0.372 e. The van der Waals surface area contributed by atoms with E-state index in [2.05, 4.69) is 27.3 Å². The van der Waals surface area contributed by atoms with E-state index in [0.29, 0.717) is 30.6 Å². The highest BCUT2D eigenvalue weighted by Crippen LogP contribution is 2.12. The molecule has 0 aliphatic heterocycles. The molecule has 0 spiro atoms. The Morgan fingerprint density at radius 1 is 1.28 bits per heavy atom. The third-order valence-corrected chi connectivity index (χ3v) is 2.36. The zero-order valence-corrected chi connectivity index (χ0v) is 10.6. The Hall–Kier alpha value is -1.82. The molecule has 0 unspecified atom stereocenters. The van der Waals surface area contributed by atoms with Gasteiger partial charge in [-0.2, -0.15) is 10.1 Å². The highest BCUT2D eigenvalue weighted by Gasteiger charge is 2.09. The van der Waals surface area contributed by atoms with E-state index in [1.807, 2.05) is 19.1 Å². The molecule has 0 aliphatic carbocycles. The van der Waals surface area contributed by atoms with Crippen LogP contribution in [0.25, 0.3) is 11.5 Å². The van der Waals surface area contributed by atoms with Crippen molar-refractivity contribution < 1.29 is 9.26 Å². The van der Waals surface area contributed by atoms with Crippen LogP contribution in [0.5, 0.6) is 0 Å². The highest BCUT2D eigenvalue weighted by molar-refractivity contribution is 5.46. The summed E-state index contributed by atoms with van der Waals surface area (Å²) in [5, 5.41) is 11.8. The molecule has 0 radical (unpaired) electrons. The summed E-state index contributed by atoms with van der Waals surface area (Å²) in [4.78, 5) is 4.20. The maximum atomic E-state index is 5.40. The molecule has 0 saturated carbocycles. The molecule has 2 heterocycles. The lowest BCUT2D eigenvalue weighted by molar-refractivity contribution is 0.0953. The molecular weight excluding hydrogens is 232 g/mol. The summed E-state index contributed by atoms with van der Waals surface area (Å²) in [6.07, 6.45) is 2.14. The van der Waals surface area contributed by atoms with Crippen LogP contribution >= 0.6 is 0 Å². The molecule has 0 saturated heterocycles. The van der Waals surface area contributed by atoms with Gasteiger partial charge in [-0.15, -0.1) is 5.10 Å². The van der Waals surface area contributed by atoms with E-state index < -0.39 is 0 Å². The first-order valence-electron chi connectivity index (χ1n) is 6.00. The number of unbranched alkanes of at least 4 members (excludes halogenated alkanes) is 1. The van der Waals surface area contributed by atoms with Crippen molar-refractivity contribution in [2.45, 2.75) is 33.3 Å². The maximum absolute atomic E-state index is 5.40. The number of aryl methyl sites for hydroxylation is 1. The molecule has 6 heteroatoms. The van der Waals surface area contributed by atoms with Gasteiger partial charge >= 0.3 is 0 Å². The van der Waals surface area contributed by atoms with Gasteiger partial charge in [0.05, 0.1) is 5.69 Å². The highest BCUT2D eigenvalue weighted by atomic mass is 16.5. The van der Waals surface area contributed by atoms with Gasteiger partial charge in [0, 0.05) is 6.61 Å². The number of hydrogen-bond acceptors (Lipinski definition) is 6. The van der Waals surface area contributed by atoms with Crippen LogP contribution in [0.1, 0.15) is 31.4 Å². The summed E-state index contributed by atoms with van der Waals surface area (Å²) in [7, 11) is 0. The second-order valence-electron chi connectivity index (χ2n) is 3.98. The minimum Gasteiger partial charge on any atom is -0.372 e. The van der Waals surface area contributed by atoms with Gasteiger partial charge in [-0.3, -0.25) is 0 Å². The van der Waals surface area contributed by atoms with E-state index in [1.165, 1.54) is 0 Å². The lowest BCUT2D eigenvalue weighted by Crippen LogP contribution is -1.95. The average molecular weight is 248 g/mol. The predicted octanol–water partition coefficient (Wildman–Crippen LogP) is 2.15. The van der Waals surface area contributed by atoms with Gasteiger partial charge < -0.3 is 9.26 Å². The van der Waals surface area contributed by atoms with Crippen molar-refractivity contribution in [2.24, 2.45) is 0 Å². The van der Waals surface area contributed by atoms with Crippen LogP contribution in [-0.4, -0.2) is 26.9 Å². The van der Waals surface area contributed by atoms with E-state index in [1.54, 1.807) is 0 Å². The van der Waals surface area contributed by atoms with Crippen molar-refractivity contribution in [1.82, 2.24) is 20.3 Å². The Morgan fingerprint density at radius 2 is 2.17 bits per heavy atom. The topological polar surface area (TPSA) is 73.9 Å². The third kappa shape index (κ3) is 3.33. The van der Waals surface area contributed by atoms with Gasteiger partial charge in [0.25, 0.3) is 5.89 Å². The van der Waals surface area contributed by atoms with Crippen molar-refractivity contribution in [3.05, 3.63) is 23.7 Å². The monoisotopic (exact) mass is 248 g/mol. The van der Waals surface area contributed by atoms with Crippen molar-refractivity contribution >= 4 is 0 Å². The zero-order chi connectivity index (χ0) is 12.8. The van der Waals surface area contributed by atoms with Crippen LogP contribution in [0.3, 0.4) is 0 Å². The van der Waals surface area contributed by atoms with Crippen LogP contribution < -0.4 is 0 Å². The van der Waals surface area contributed by atoms with E-state index in [-0.39, 0.29) is 0 Å². The van der Waals surface area contributed by atoms with Crippen molar-refractivity contribution in [3.8, 4) is 11.5 Å². The van der Waals surface area contributed by atoms with Crippen LogP contribution in [0, 0.1) is 6.92 Å². The van der Waals surface area contributed by atoms with Crippen LogP contribution in [-0.2, 0) is 11.3 Å². The van der Waals surface area contributed by atoms with E-state index in [0.717, 1.165) is 18.5 Å². The lowest BCUT2D eigenvalue weighted by atomic mass is 10.3. The second kappa shape index (κ2) is 6.20. The molecule has 0 aromatic carbocycles. The fourth-order valence-corrected chi connectivity index (χ4v) is 1.34. The molecule has 6 nitrogen and oxygen atoms in total. The van der Waals surface area contributed by atoms with Crippen LogP contribution in [0.4, 0.5) is 0 Å². The van der Waals surface area contributed by atoms with Crippen LogP contribution in [0.15, 0.2) is 16.7 Å². The number of rotatable bonds is 6. The molecule has 0 N–H and O–H groups in total. The van der Waals surface area contributed by atoms with Crippen molar-refractivity contribution in [3.63, 3.8) is 0 Å². The van der Waals surface area contributed by atoms with Gasteiger partial charge in [-0.1, -0.05) is 18.5 Å². The summed E-state index contributed by atoms with van der Waals surface area (Å²) in [5.74, 6) is 0.903. The van der Waals surface area contributed by atoms with E-state index >= 15 is 0 Å². The number of aromatic nitrogens is 4. The van der Waals surface area contributed by atoms with E-state index in [4.69, 9.17) is 9.26 Å². The number of ether oxygens (including phenoxy) is 1. The standard InChI is InChI=1S/C12H16N4O2/c1-3-4-7-17-8-11-13-12(16-18-11)10-6-5-9(2)14-15-10/h5-6H,3-4,7-8H2,1-2H3. The molecule has 2 aromatic rings. The third-order valence-electron chi connectivity index (χ3n) is 2.36. The van der Waals surface area contributed by atoms with Crippen molar-refractivity contribution in [2.75, 3.05) is 6.61 Å². The number of hydrogen-bond donors (Lipinski definition) is 0. The smallest absolute Gasteiger partial charge is 0.253 e. The molecule has 0 amide bonds. The molecule has 0 fully saturated rings. The zero-order valence-electron chi connectivity index (χ0n) is 10.6. The van der Waals surface area contributed by atoms with Gasteiger partial charge in [-0.05, 0) is 25.5 Å². The Morgan fingerprint density at radius 3 is 2.89 bits per heavy atom. The lowest BCUT2D eigenvalue weighted by Gasteiger charge is -1.97. The molecule has 2 rings (SSSR count). The minimum absolute atomic E-state index is 0.340. The van der Waals surface area contributed by atoms with E-state index in [9.17, 15) is 0 Å². The minimum atomic E-state index is 0.340. The molecule has 2 aromatic heterocycles. The summed E-state index contributed by atoms with van der Waals surface area (Å²) >= 11 is 0. The fourth-order valence-electron chi connectivity index (χ4n) is 1.34. The number of nitrogens with zero attached hydrogens (tertiary/aromatic N) is 4. The Bertz CT molecular complexity index is 481. The molecule has 0 atom stereocenters. The Labute approximate surface area is 105 Å². The van der Waals surface area contributed by atoms with Gasteiger partial charge in [0.1, 0.15) is 12.3 Å². The summed E-state index contributed by atoms with van der Waals surface area (Å²) in [6.45, 7) is 5.04. The maximum Gasteiger partial charge on any atom is 0.253 e. The summed E-state index contributed by atoms with van der Waals surface area (Å²) in [6, 6.07) is 3.67. The molecule has 0 bridgehead atoms. The SMILES string of the molecule is CCCCOCc1nc(-c2ccc(C)nn2)no1.